The van der Waals surface area contributed by atoms with E-state index < -0.39 is 24.3 Å². The van der Waals surface area contributed by atoms with Crippen LogP contribution in [0.1, 0.15) is 5.69 Å². The molecular weight excluding hydrogens is 294 g/mol. The monoisotopic (exact) mass is 305 g/mol. The van der Waals surface area contributed by atoms with Gasteiger partial charge in [0, 0.05) is 11.5 Å². The van der Waals surface area contributed by atoms with E-state index in [1.807, 2.05) is 0 Å². The lowest BCUT2D eigenvalue weighted by Crippen LogP contribution is -2.32. The van der Waals surface area contributed by atoms with Gasteiger partial charge in [0.25, 0.3) is 0 Å². The molecule has 0 aliphatic carbocycles. The van der Waals surface area contributed by atoms with Crippen molar-refractivity contribution in [2.45, 2.75) is 13.0 Å². The number of hydrogen-bond donors (Lipinski definition) is 1. The third kappa shape index (κ3) is 2.32. The van der Waals surface area contributed by atoms with Gasteiger partial charge in [0.15, 0.2) is 5.58 Å². The molecule has 2 N–H and O–H groups in total. The highest BCUT2D eigenvalue weighted by Crippen LogP contribution is 2.27. The van der Waals surface area contributed by atoms with Crippen molar-refractivity contribution >= 4 is 34.8 Å². The van der Waals surface area contributed by atoms with Crippen LogP contribution in [0.25, 0.3) is 11.0 Å². The Bertz CT molecular complexity index is 783. The third-order valence-corrected chi connectivity index (χ3v) is 3.22. The van der Waals surface area contributed by atoms with E-state index in [1.165, 1.54) is 4.90 Å². The van der Waals surface area contributed by atoms with E-state index in [1.54, 1.807) is 25.1 Å². The normalized spacial score (nSPS) is 17.6. The standard InChI is InChI=1S/C13H11N3O6/c1-6-8-3-2-7(4-9(8)22-15-6)16-5-10(20-13(16)19)11(17)21-12(14)18/h2-4,10H,5H2,1H3,(H2,14,18). The molecule has 2 amide bonds. The summed E-state index contributed by atoms with van der Waals surface area (Å²) in [5.41, 5.74) is 6.46. The highest BCUT2D eigenvalue weighted by atomic mass is 16.6. The third-order valence-electron chi connectivity index (χ3n) is 3.22. The average Bonchev–Trinajstić information content (AvgIpc) is 3.02. The fourth-order valence-corrected chi connectivity index (χ4v) is 2.18. The number of cyclic esters (lactones) is 1. The first-order chi connectivity index (χ1) is 10.5. The molecular formula is C13H11N3O6. The number of carbonyl (C=O) groups excluding carboxylic acids is 3. The Labute approximate surface area is 123 Å². The van der Waals surface area contributed by atoms with Crippen molar-refractivity contribution in [1.29, 1.82) is 0 Å². The molecule has 1 aromatic carbocycles. The molecule has 1 fully saturated rings. The summed E-state index contributed by atoms with van der Waals surface area (Å²) < 4.78 is 14.2. The second kappa shape index (κ2) is 5.02. The summed E-state index contributed by atoms with van der Waals surface area (Å²) in [4.78, 5) is 35.2. The Morgan fingerprint density at radius 3 is 2.95 bits per heavy atom. The van der Waals surface area contributed by atoms with Crippen LogP contribution < -0.4 is 10.6 Å². The van der Waals surface area contributed by atoms with Crippen molar-refractivity contribution in [2.24, 2.45) is 5.73 Å². The minimum atomic E-state index is -1.25. The predicted octanol–water partition coefficient (Wildman–Crippen LogP) is 1.08. The quantitative estimate of drug-likeness (QED) is 0.650. The average molecular weight is 305 g/mol. The van der Waals surface area contributed by atoms with Gasteiger partial charge in [-0.1, -0.05) is 5.16 Å². The number of anilines is 1. The summed E-state index contributed by atoms with van der Waals surface area (Å²) >= 11 is 0. The van der Waals surface area contributed by atoms with Gasteiger partial charge in [0.2, 0.25) is 6.10 Å². The van der Waals surface area contributed by atoms with E-state index in [-0.39, 0.29) is 6.54 Å². The number of aromatic nitrogens is 1. The largest absolute Gasteiger partial charge is 0.432 e. The lowest BCUT2D eigenvalue weighted by molar-refractivity contribution is -0.144. The summed E-state index contributed by atoms with van der Waals surface area (Å²) in [6.45, 7) is 1.70. The van der Waals surface area contributed by atoms with E-state index in [2.05, 4.69) is 9.89 Å². The fraction of sp³-hybridized carbons (Fsp3) is 0.231. The van der Waals surface area contributed by atoms with Crippen LogP contribution >= 0.6 is 0 Å². The maximum atomic E-state index is 11.9. The molecule has 1 aliphatic heterocycles. The number of benzene rings is 1. The van der Waals surface area contributed by atoms with Crippen LogP contribution in [0, 0.1) is 6.92 Å². The van der Waals surface area contributed by atoms with Gasteiger partial charge >= 0.3 is 18.2 Å². The number of carbonyl (C=O) groups is 3. The first-order valence-corrected chi connectivity index (χ1v) is 6.31. The Hall–Kier alpha value is -3.10. The molecule has 1 saturated heterocycles. The molecule has 0 radical (unpaired) electrons. The molecule has 1 unspecified atom stereocenters. The van der Waals surface area contributed by atoms with Gasteiger partial charge < -0.3 is 19.7 Å². The van der Waals surface area contributed by atoms with Crippen LogP contribution in [0.4, 0.5) is 15.3 Å². The molecule has 22 heavy (non-hydrogen) atoms. The van der Waals surface area contributed by atoms with Gasteiger partial charge in [0.1, 0.15) is 0 Å². The number of amides is 2. The minimum Gasteiger partial charge on any atom is -0.432 e. The van der Waals surface area contributed by atoms with Crippen molar-refractivity contribution in [3.8, 4) is 0 Å². The second-order valence-corrected chi connectivity index (χ2v) is 4.67. The zero-order valence-electron chi connectivity index (χ0n) is 11.4. The van der Waals surface area contributed by atoms with Crippen LogP contribution in [0.5, 0.6) is 0 Å². The Morgan fingerprint density at radius 1 is 1.45 bits per heavy atom. The van der Waals surface area contributed by atoms with E-state index in [0.717, 1.165) is 11.1 Å². The lowest BCUT2D eigenvalue weighted by Gasteiger charge is -2.12. The van der Waals surface area contributed by atoms with Crippen molar-refractivity contribution in [3.63, 3.8) is 0 Å². The topological polar surface area (TPSA) is 125 Å². The minimum absolute atomic E-state index is 0.0937. The molecule has 1 aliphatic rings. The van der Waals surface area contributed by atoms with Crippen molar-refractivity contribution in [3.05, 3.63) is 23.9 Å². The molecule has 9 nitrogen and oxygen atoms in total. The van der Waals surface area contributed by atoms with E-state index in [0.29, 0.717) is 11.3 Å². The number of rotatable bonds is 2. The number of primary amides is 1. The van der Waals surface area contributed by atoms with Crippen molar-refractivity contribution < 1.29 is 28.4 Å². The predicted molar refractivity (Wildman–Crippen MR) is 72.0 cm³/mol. The summed E-state index contributed by atoms with van der Waals surface area (Å²) in [5, 5.41) is 4.64. The van der Waals surface area contributed by atoms with E-state index in [4.69, 9.17) is 15.0 Å². The van der Waals surface area contributed by atoms with Crippen molar-refractivity contribution in [1.82, 2.24) is 5.16 Å². The van der Waals surface area contributed by atoms with E-state index >= 15 is 0 Å². The van der Waals surface area contributed by atoms with Gasteiger partial charge in [-0.05, 0) is 19.1 Å². The summed E-state index contributed by atoms with van der Waals surface area (Å²) in [6, 6.07) is 5.03. The molecule has 1 atom stereocenters. The molecule has 2 aromatic rings. The van der Waals surface area contributed by atoms with Crippen LogP contribution in [0.2, 0.25) is 0 Å². The number of nitrogens with two attached hydrogens (primary N) is 1. The number of aryl methyl sites for hydroxylation is 1. The Kier molecular flexibility index (Phi) is 3.17. The zero-order chi connectivity index (χ0) is 15.9. The van der Waals surface area contributed by atoms with Crippen LogP contribution in [-0.2, 0) is 14.3 Å². The molecule has 114 valence electrons. The molecule has 0 saturated carbocycles. The second-order valence-electron chi connectivity index (χ2n) is 4.67. The van der Waals surface area contributed by atoms with Gasteiger partial charge in [-0.2, -0.15) is 0 Å². The summed E-state index contributed by atoms with van der Waals surface area (Å²) in [6.07, 6.45) is -3.20. The Morgan fingerprint density at radius 2 is 2.23 bits per heavy atom. The molecule has 0 bridgehead atoms. The van der Waals surface area contributed by atoms with Crippen LogP contribution in [0.15, 0.2) is 22.7 Å². The molecule has 0 spiro atoms. The first kappa shape index (κ1) is 13.9. The maximum Gasteiger partial charge on any atom is 0.415 e. The molecule has 1 aromatic heterocycles. The number of nitrogens with zero attached hydrogens (tertiary/aromatic N) is 2. The highest BCUT2D eigenvalue weighted by Gasteiger charge is 2.39. The van der Waals surface area contributed by atoms with Gasteiger partial charge in [-0.15, -0.1) is 0 Å². The smallest absolute Gasteiger partial charge is 0.415 e. The number of ether oxygens (including phenoxy) is 2. The number of esters is 1. The molecule has 9 heteroatoms. The van der Waals surface area contributed by atoms with Crippen LogP contribution in [-0.4, -0.2) is 36.0 Å². The van der Waals surface area contributed by atoms with Gasteiger partial charge in [-0.3, -0.25) is 4.90 Å². The summed E-state index contributed by atoms with van der Waals surface area (Å²) in [5.74, 6) is -1.01. The first-order valence-electron chi connectivity index (χ1n) is 6.31. The Balaban J connectivity index is 1.83. The SMILES string of the molecule is Cc1noc2cc(N3CC(C(=O)OC(N)=O)OC3=O)ccc12. The maximum absolute atomic E-state index is 11.9. The molecule has 3 rings (SSSR count). The summed E-state index contributed by atoms with van der Waals surface area (Å²) in [7, 11) is 0. The fourth-order valence-electron chi connectivity index (χ4n) is 2.18. The lowest BCUT2D eigenvalue weighted by atomic mass is 10.2. The highest BCUT2D eigenvalue weighted by molar-refractivity contribution is 5.97. The number of fused-ring (bicyclic) bond motifs is 1. The van der Waals surface area contributed by atoms with Gasteiger partial charge in [-0.25, -0.2) is 14.4 Å². The van der Waals surface area contributed by atoms with E-state index in [9.17, 15) is 14.4 Å². The van der Waals surface area contributed by atoms with Gasteiger partial charge in [0.05, 0.1) is 17.9 Å². The van der Waals surface area contributed by atoms with Crippen molar-refractivity contribution in [2.75, 3.05) is 11.4 Å². The zero-order valence-corrected chi connectivity index (χ0v) is 11.4. The van der Waals surface area contributed by atoms with Crippen LogP contribution in [0.3, 0.4) is 0 Å². The molecule has 2 heterocycles. The number of hydrogen-bond acceptors (Lipinski definition) is 7.